The van der Waals surface area contributed by atoms with Crippen LogP contribution in [0.1, 0.15) is 113 Å². The summed E-state index contributed by atoms with van der Waals surface area (Å²) in [6, 6.07) is 9.59. The third kappa shape index (κ3) is 26.3. The Kier molecular flexibility index (Phi) is 28.2. The fourth-order valence-corrected chi connectivity index (χ4v) is 3.09. The zero-order valence-corrected chi connectivity index (χ0v) is 24.5. The molecule has 0 spiro atoms. The van der Waals surface area contributed by atoms with Crippen molar-refractivity contribution in [3.63, 3.8) is 0 Å². The van der Waals surface area contributed by atoms with Gasteiger partial charge in [-0.2, -0.15) is 0 Å². The fraction of sp³-hybridized carbons (Fsp3) is 0.700. The van der Waals surface area contributed by atoms with E-state index in [0.717, 1.165) is 19.3 Å². The van der Waals surface area contributed by atoms with E-state index < -0.39 is 6.04 Å². The van der Waals surface area contributed by atoms with Crippen molar-refractivity contribution < 1.29 is 14.4 Å². The van der Waals surface area contributed by atoms with E-state index in [9.17, 15) is 14.4 Å². The minimum absolute atomic E-state index is 0.0279. The van der Waals surface area contributed by atoms with Crippen molar-refractivity contribution in [3.05, 3.63) is 35.9 Å². The molecule has 1 aromatic carbocycles. The van der Waals surface area contributed by atoms with Crippen molar-refractivity contribution in [2.24, 2.45) is 11.8 Å². The van der Waals surface area contributed by atoms with Crippen LogP contribution in [0.25, 0.3) is 0 Å². The van der Waals surface area contributed by atoms with Gasteiger partial charge >= 0.3 is 0 Å². The van der Waals surface area contributed by atoms with Gasteiger partial charge in [-0.3, -0.25) is 9.59 Å². The Labute approximate surface area is 217 Å². The van der Waals surface area contributed by atoms with Crippen LogP contribution in [0, 0.1) is 11.8 Å². The van der Waals surface area contributed by atoms with Crippen molar-refractivity contribution in [2.75, 3.05) is 6.54 Å². The first-order chi connectivity index (χ1) is 16.6. The minimum atomic E-state index is -0.465. The average Bonchev–Trinajstić information content (AvgIpc) is 2.83. The predicted octanol–water partition coefficient (Wildman–Crippen LogP) is 7.13. The summed E-state index contributed by atoms with van der Waals surface area (Å²) in [5.74, 6) is 1.30. The molecule has 0 aliphatic rings. The summed E-state index contributed by atoms with van der Waals surface area (Å²) in [6.07, 6.45) is 5.77. The van der Waals surface area contributed by atoms with E-state index in [2.05, 4.69) is 45.3 Å². The molecule has 1 unspecified atom stereocenters. The van der Waals surface area contributed by atoms with Gasteiger partial charge in [0.25, 0.3) is 0 Å². The first kappa shape index (κ1) is 37.4. The maximum absolute atomic E-state index is 12.3. The van der Waals surface area contributed by atoms with Gasteiger partial charge in [-0.05, 0) is 56.9 Å². The maximum Gasteiger partial charge on any atom is 0.242 e. The Morgan fingerprint density at radius 2 is 1.40 bits per heavy atom. The molecule has 0 saturated carbocycles. The van der Waals surface area contributed by atoms with Crippen LogP contribution in [0.5, 0.6) is 0 Å². The van der Waals surface area contributed by atoms with Gasteiger partial charge in [0.15, 0.2) is 0 Å². The van der Waals surface area contributed by atoms with Gasteiger partial charge in [0, 0.05) is 19.4 Å². The SMILES string of the molecule is CC.CCC.CCC(C)=O.CCNC(=O)[C@H](CCc1ccccc1)NC(=O)CCC(C)CC(C)C. The average molecular weight is 493 g/mol. The fourth-order valence-electron chi connectivity index (χ4n) is 3.09. The van der Waals surface area contributed by atoms with Crippen LogP contribution in [0.15, 0.2) is 30.3 Å². The second-order valence-electron chi connectivity index (χ2n) is 9.08. The van der Waals surface area contributed by atoms with E-state index in [-0.39, 0.29) is 17.6 Å². The largest absolute Gasteiger partial charge is 0.355 e. The number of benzene rings is 1. The Morgan fingerprint density at radius 1 is 0.886 bits per heavy atom. The number of hydrogen-bond acceptors (Lipinski definition) is 3. The van der Waals surface area contributed by atoms with Crippen LogP contribution < -0.4 is 10.6 Å². The topological polar surface area (TPSA) is 75.3 Å². The van der Waals surface area contributed by atoms with E-state index in [1.54, 1.807) is 6.92 Å². The summed E-state index contributed by atoms with van der Waals surface area (Å²) in [4.78, 5) is 34.3. The van der Waals surface area contributed by atoms with Gasteiger partial charge in [-0.25, -0.2) is 0 Å². The first-order valence-corrected chi connectivity index (χ1v) is 13.7. The number of likely N-dealkylation sites (N-methyl/N-ethyl adjacent to an activating group) is 1. The van der Waals surface area contributed by atoms with Crippen molar-refractivity contribution in [1.82, 2.24) is 10.6 Å². The number of amides is 2. The summed E-state index contributed by atoms with van der Waals surface area (Å²) in [6.45, 7) is 20.7. The molecule has 0 radical (unpaired) electrons. The summed E-state index contributed by atoms with van der Waals surface area (Å²) < 4.78 is 0. The zero-order chi connectivity index (χ0) is 27.6. The third-order valence-corrected chi connectivity index (χ3v) is 4.80. The van der Waals surface area contributed by atoms with Gasteiger partial charge in [-0.1, -0.05) is 92.1 Å². The van der Waals surface area contributed by atoms with Crippen LogP contribution in [-0.2, 0) is 20.8 Å². The Morgan fingerprint density at radius 3 is 1.83 bits per heavy atom. The maximum atomic E-state index is 12.3. The Bertz CT molecular complexity index is 630. The zero-order valence-electron chi connectivity index (χ0n) is 24.5. The molecule has 1 aromatic rings. The molecule has 0 aliphatic heterocycles. The Hall–Kier alpha value is -2.17. The highest BCUT2D eigenvalue weighted by Gasteiger charge is 2.20. The van der Waals surface area contributed by atoms with E-state index >= 15 is 0 Å². The molecule has 0 bridgehead atoms. The molecule has 0 fully saturated rings. The molecule has 0 heterocycles. The lowest BCUT2D eigenvalue weighted by molar-refractivity contribution is -0.129. The van der Waals surface area contributed by atoms with Crippen LogP contribution in [-0.4, -0.2) is 30.2 Å². The van der Waals surface area contributed by atoms with E-state index in [1.165, 1.54) is 12.0 Å². The number of carbonyl (C=O) groups is 3. The second kappa shape index (κ2) is 26.4. The molecule has 5 heteroatoms. The number of Topliss-reactive ketones (excluding diaryl/α,β-unsaturated/α-hetero) is 1. The molecule has 0 saturated heterocycles. The summed E-state index contributed by atoms with van der Waals surface area (Å²) in [5.41, 5.74) is 1.18. The smallest absolute Gasteiger partial charge is 0.242 e. The van der Waals surface area contributed by atoms with Crippen molar-refractivity contribution in [3.8, 4) is 0 Å². The lowest BCUT2D eigenvalue weighted by atomic mass is 9.94. The number of carbonyl (C=O) groups excluding carboxylic acids is 3. The highest BCUT2D eigenvalue weighted by atomic mass is 16.2. The number of rotatable bonds is 12. The van der Waals surface area contributed by atoms with Crippen LogP contribution in [0.4, 0.5) is 0 Å². The molecule has 0 aromatic heterocycles. The van der Waals surface area contributed by atoms with Crippen molar-refractivity contribution in [1.29, 1.82) is 0 Å². The molecule has 35 heavy (non-hydrogen) atoms. The molecule has 2 amide bonds. The van der Waals surface area contributed by atoms with Gasteiger partial charge in [0.2, 0.25) is 11.8 Å². The molecule has 1 rings (SSSR count). The second-order valence-corrected chi connectivity index (χ2v) is 9.08. The number of ketones is 1. The molecule has 2 atom stereocenters. The molecule has 5 nitrogen and oxygen atoms in total. The van der Waals surface area contributed by atoms with Gasteiger partial charge in [-0.15, -0.1) is 0 Å². The van der Waals surface area contributed by atoms with Gasteiger partial charge in [0.05, 0.1) is 0 Å². The van der Waals surface area contributed by atoms with Crippen LogP contribution in [0.3, 0.4) is 0 Å². The molecular weight excluding hydrogens is 436 g/mol. The van der Waals surface area contributed by atoms with E-state index in [0.29, 0.717) is 37.6 Å². The summed E-state index contributed by atoms with van der Waals surface area (Å²) in [5, 5.41) is 5.75. The highest BCUT2D eigenvalue weighted by molar-refractivity contribution is 5.87. The minimum Gasteiger partial charge on any atom is -0.355 e. The van der Waals surface area contributed by atoms with Crippen LogP contribution >= 0.6 is 0 Å². The highest BCUT2D eigenvalue weighted by Crippen LogP contribution is 2.16. The number of aryl methyl sites for hydroxylation is 1. The summed E-state index contributed by atoms with van der Waals surface area (Å²) >= 11 is 0. The molecule has 204 valence electrons. The molecule has 2 N–H and O–H groups in total. The first-order valence-electron chi connectivity index (χ1n) is 13.7. The van der Waals surface area contributed by atoms with E-state index in [1.807, 2.05) is 58.0 Å². The van der Waals surface area contributed by atoms with Crippen molar-refractivity contribution >= 4 is 17.6 Å². The van der Waals surface area contributed by atoms with Crippen molar-refractivity contribution in [2.45, 2.75) is 120 Å². The third-order valence-electron chi connectivity index (χ3n) is 4.80. The van der Waals surface area contributed by atoms with Gasteiger partial charge < -0.3 is 15.4 Å². The predicted molar refractivity (Wildman–Crippen MR) is 152 cm³/mol. The number of nitrogens with one attached hydrogen (secondary N) is 2. The normalized spacial score (nSPS) is 11.3. The standard InChI is InChI=1S/C21H34N2O2.C4H8O.C3H8.C2H6/c1-5-22-21(25)19(13-12-18-9-7-6-8-10-18)23-20(24)14-11-17(4)15-16(2)3;1-3-4(2)5;1-3-2;1-2/h6-10,16-17,19H,5,11-15H2,1-4H3,(H,22,25)(H,23,24);3H2,1-2H3;3H2,1-2H3;1-2H3/t17?,19-;;;/m0.../s1. The number of hydrogen-bond donors (Lipinski definition) is 2. The molecule has 0 aliphatic carbocycles. The quantitative estimate of drug-likeness (QED) is 0.326. The van der Waals surface area contributed by atoms with Crippen LogP contribution in [0.2, 0.25) is 0 Å². The monoisotopic (exact) mass is 492 g/mol. The Balaban J connectivity index is -0.000000872. The van der Waals surface area contributed by atoms with E-state index in [4.69, 9.17) is 0 Å². The molecular formula is C30H56N2O3. The lowest BCUT2D eigenvalue weighted by Crippen LogP contribution is -2.47. The summed E-state index contributed by atoms with van der Waals surface area (Å²) in [7, 11) is 0. The lowest BCUT2D eigenvalue weighted by Gasteiger charge is -2.19. The van der Waals surface area contributed by atoms with Gasteiger partial charge in [0.1, 0.15) is 11.8 Å².